The second-order valence-corrected chi connectivity index (χ2v) is 21.1. The van der Waals surface area contributed by atoms with E-state index in [1.165, 1.54) is 12.5 Å². The van der Waals surface area contributed by atoms with Crippen LogP contribution in [0.15, 0.2) is 11.6 Å². The van der Waals surface area contributed by atoms with Gasteiger partial charge in [0, 0.05) is 24.9 Å². The van der Waals surface area contributed by atoms with E-state index in [9.17, 15) is 51.1 Å². The highest BCUT2D eigenvalue weighted by Gasteiger charge is 2.69. The van der Waals surface area contributed by atoms with Gasteiger partial charge in [0.1, 0.15) is 67.1 Å². The molecule has 0 bridgehead atoms. The number of ether oxygens (including phenoxy) is 8. The summed E-state index contributed by atoms with van der Waals surface area (Å²) in [5.74, 6) is 1.81. The number of fused-ring (bicyclic) bond motifs is 7. The Morgan fingerprint density at radius 1 is 0.698 bits per heavy atom. The van der Waals surface area contributed by atoms with Gasteiger partial charge in [-0.3, -0.25) is 0 Å². The Balaban J connectivity index is 0.899. The smallest absolute Gasteiger partial charge is 0.187 e. The predicted octanol–water partition coefficient (Wildman–Crippen LogP) is -0.813. The molecule has 8 fully saturated rings. The van der Waals surface area contributed by atoms with E-state index in [0.29, 0.717) is 43.1 Å². The van der Waals surface area contributed by atoms with Gasteiger partial charge < -0.3 is 89.0 Å². The second kappa shape index (κ2) is 17.8. The highest BCUT2D eigenvalue weighted by atomic mass is 16.8. The average molecular weight is 901 g/mol. The lowest BCUT2D eigenvalue weighted by molar-refractivity contribution is -0.375. The molecule has 9 aliphatic rings. The molecule has 0 aromatic carbocycles. The molecule has 0 aromatic rings. The molecule has 1 spiro atoms. The van der Waals surface area contributed by atoms with Crippen molar-refractivity contribution in [3.63, 3.8) is 0 Å². The first-order chi connectivity index (χ1) is 29.9. The van der Waals surface area contributed by atoms with Crippen LogP contribution in [-0.4, -0.2) is 188 Å². The molecule has 0 aromatic heterocycles. The second-order valence-electron chi connectivity index (χ2n) is 21.1. The van der Waals surface area contributed by atoms with Gasteiger partial charge in [-0.25, -0.2) is 0 Å². The lowest BCUT2D eigenvalue weighted by atomic mass is 9.47. The van der Waals surface area contributed by atoms with Crippen molar-refractivity contribution in [3.05, 3.63) is 11.6 Å². The van der Waals surface area contributed by atoms with E-state index < -0.39 is 117 Å². The summed E-state index contributed by atoms with van der Waals surface area (Å²) in [5, 5.41) is 105. The highest BCUT2D eigenvalue weighted by Crippen LogP contribution is 2.70. The average Bonchev–Trinajstić information content (AvgIpc) is 3.72. The van der Waals surface area contributed by atoms with Crippen molar-refractivity contribution in [2.75, 3.05) is 26.4 Å². The quantitative estimate of drug-likeness (QED) is 0.127. The molecule has 3 saturated carbocycles. The molecule has 63 heavy (non-hydrogen) atoms. The van der Waals surface area contributed by atoms with Gasteiger partial charge in [0.05, 0.1) is 38.1 Å². The molecule has 26 atom stereocenters. The molecule has 5 saturated heterocycles. The Morgan fingerprint density at radius 3 is 2.13 bits per heavy atom. The van der Waals surface area contributed by atoms with E-state index in [-0.39, 0.29) is 35.4 Å². The molecule has 5 aliphatic heterocycles. The molecule has 9 rings (SSSR count). The van der Waals surface area contributed by atoms with Crippen LogP contribution in [-0.2, 0) is 37.9 Å². The number of hydrogen-bond donors (Lipinski definition) is 10. The molecule has 10 N–H and O–H groups in total. The Bertz CT molecular complexity index is 1630. The molecule has 26 unspecified atom stereocenters. The predicted molar refractivity (Wildman–Crippen MR) is 216 cm³/mol. The standard InChI is InChI=1S/C45H72O18/c1-19-30-27(63-45(19)12-7-21(15-46)17-57-45)14-26-24-6-5-22-13-23(8-10-43(22,3)25(24)9-11-44(26,30)4)59-42-39(62-41-38(55)34(51)31(48)20(2)58-41)36(53)33(50)29(61-42)18-56-40-37(54)35(52)32(49)28(16-47)60-40/h5,19-21,23-42,46-55H,6-18H2,1-4H3. The van der Waals surface area contributed by atoms with Gasteiger partial charge in [0.2, 0.25) is 0 Å². The highest BCUT2D eigenvalue weighted by molar-refractivity contribution is 5.26. The maximum atomic E-state index is 11.6. The Morgan fingerprint density at radius 2 is 1.41 bits per heavy atom. The van der Waals surface area contributed by atoms with Gasteiger partial charge in [-0.1, -0.05) is 32.4 Å². The van der Waals surface area contributed by atoms with Crippen LogP contribution >= 0.6 is 0 Å². The van der Waals surface area contributed by atoms with Gasteiger partial charge >= 0.3 is 0 Å². The Hall–Kier alpha value is -0.980. The molecular formula is C45H72O18. The first-order valence-electron chi connectivity index (χ1n) is 23.5. The van der Waals surface area contributed by atoms with E-state index in [1.54, 1.807) is 0 Å². The summed E-state index contributed by atoms with van der Waals surface area (Å²) in [4.78, 5) is 0. The minimum absolute atomic E-state index is 0.0603. The van der Waals surface area contributed by atoms with Crippen molar-refractivity contribution < 1.29 is 89.0 Å². The number of aliphatic hydroxyl groups is 10. The molecule has 0 amide bonds. The Labute approximate surface area is 368 Å². The van der Waals surface area contributed by atoms with Gasteiger partial charge in [-0.05, 0) is 92.8 Å². The van der Waals surface area contributed by atoms with Gasteiger partial charge in [-0.15, -0.1) is 0 Å². The third kappa shape index (κ3) is 7.90. The summed E-state index contributed by atoms with van der Waals surface area (Å²) in [5.41, 5.74) is 1.39. The molecular weight excluding hydrogens is 828 g/mol. The van der Waals surface area contributed by atoms with Crippen LogP contribution in [0.1, 0.15) is 85.5 Å². The summed E-state index contributed by atoms with van der Waals surface area (Å²) in [6.07, 6.45) is -12.3. The van der Waals surface area contributed by atoms with Crippen LogP contribution in [0.2, 0.25) is 0 Å². The largest absolute Gasteiger partial charge is 0.396 e. The van der Waals surface area contributed by atoms with Crippen LogP contribution in [0.5, 0.6) is 0 Å². The maximum Gasteiger partial charge on any atom is 0.187 e. The zero-order valence-electron chi connectivity index (χ0n) is 36.8. The normalized spacial score (nSPS) is 56.9. The third-order valence-electron chi connectivity index (χ3n) is 17.8. The minimum atomic E-state index is -1.71. The molecule has 360 valence electrons. The van der Waals surface area contributed by atoms with E-state index >= 15 is 0 Å². The van der Waals surface area contributed by atoms with Crippen molar-refractivity contribution in [2.45, 2.75) is 196 Å². The molecule has 0 radical (unpaired) electrons. The van der Waals surface area contributed by atoms with Crippen LogP contribution in [0.25, 0.3) is 0 Å². The Kier molecular flexibility index (Phi) is 13.3. The first kappa shape index (κ1) is 47.1. The number of allylic oxidation sites excluding steroid dienone is 1. The summed E-state index contributed by atoms with van der Waals surface area (Å²) in [6, 6.07) is 0. The maximum absolute atomic E-state index is 11.6. The van der Waals surface area contributed by atoms with Crippen LogP contribution < -0.4 is 0 Å². The fourth-order valence-corrected chi connectivity index (χ4v) is 14.0. The molecule has 4 aliphatic carbocycles. The molecule has 5 heterocycles. The molecule has 18 heteroatoms. The van der Waals surface area contributed by atoms with E-state index in [4.69, 9.17) is 37.9 Å². The summed E-state index contributed by atoms with van der Waals surface area (Å²) in [7, 11) is 0. The lowest BCUT2D eigenvalue weighted by Gasteiger charge is -2.58. The fraction of sp³-hybridized carbons (Fsp3) is 0.956. The summed E-state index contributed by atoms with van der Waals surface area (Å²) >= 11 is 0. The molecule has 18 nitrogen and oxygen atoms in total. The van der Waals surface area contributed by atoms with Crippen molar-refractivity contribution in [1.29, 1.82) is 0 Å². The SMILES string of the molecule is CC1OC(OC2C(OC3CCC4(C)C(=CCC5C4CCC4(C)C5CC5OC6(CCC(CO)CO6)C(C)C54)C3)OC(COC3OC(CO)C(O)C(O)C3O)C(O)C2O)C(O)C(O)C1O. The van der Waals surface area contributed by atoms with Crippen LogP contribution in [0, 0.1) is 46.3 Å². The van der Waals surface area contributed by atoms with Crippen molar-refractivity contribution >= 4 is 0 Å². The van der Waals surface area contributed by atoms with Crippen molar-refractivity contribution in [2.24, 2.45) is 46.3 Å². The van der Waals surface area contributed by atoms with Crippen LogP contribution in [0.4, 0.5) is 0 Å². The minimum Gasteiger partial charge on any atom is -0.396 e. The van der Waals surface area contributed by atoms with Crippen molar-refractivity contribution in [1.82, 2.24) is 0 Å². The topological polar surface area (TPSA) is 276 Å². The third-order valence-corrected chi connectivity index (χ3v) is 17.8. The number of aliphatic hydroxyl groups excluding tert-OH is 10. The lowest BCUT2D eigenvalue weighted by Crippen LogP contribution is -2.65. The zero-order chi connectivity index (χ0) is 44.9. The van der Waals surface area contributed by atoms with E-state index in [1.807, 2.05) is 0 Å². The fourth-order valence-electron chi connectivity index (χ4n) is 14.0. The summed E-state index contributed by atoms with van der Waals surface area (Å²) < 4.78 is 49.3. The van der Waals surface area contributed by atoms with Crippen molar-refractivity contribution in [3.8, 4) is 0 Å². The summed E-state index contributed by atoms with van der Waals surface area (Å²) in [6.45, 7) is 8.24. The number of rotatable bonds is 9. The van der Waals surface area contributed by atoms with Gasteiger partial charge in [0.15, 0.2) is 24.7 Å². The monoisotopic (exact) mass is 900 g/mol. The van der Waals surface area contributed by atoms with E-state index in [0.717, 1.165) is 44.9 Å². The number of hydrogen-bond acceptors (Lipinski definition) is 18. The first-order valence-corrected chi connectivity index (χ1v) is 23.5. The van der Waals surface area contributed by atoms with Crippen LogP contribution in [0.3, 0.4) is 0 Å². The van der Waals surface area contributed by atoms with E-state index in [2.05, 4.69) is 26.8 Å². The van der Waals surface area contributed by atoms with Gasteiger partial charge in [-0.2, -0.15) is 0 Å². The zero-order valence-corrected chi connectivity index (χ0v) is 36.8. The van der Waals surface area contributed by atoms with Gasteiger partial charge in [0.25, 0.3) is 0 Å².